The van der Waals surface area contributed by atoms with Crippen LogP contribution in [0.5, 0.6) is 0 Å². The van der Waals surface area contributed by atoms with Gasteiger partial charge in [-0.15, -0.1) is 0 Å². The van der Waals surface area contributed by atoms with E-state index in [9.17, 15) is 4.79 Å². The second kappa shape index (κ2) is 5.63. The van der Waals surface area contributed by atoms with E-state index in [1.54, 1.807) is 12.3 Å². The summed E-state index contributed by atoms with van der Waals surface area (Å²) in [4.78, 5) is 25.1. The van der Waals surface area contributed by atoms with E-state index in [0.717, 1.165) is 30.2 Å². The van der Waals surface area contributed by atoms with Crippen LogP contribution in [0.25, 0.3) is 0 Å². The largest absolute Gasteiger partial charge is 0.349 e. The molecule has 2 aromatic rings. The molecule has 6 heteroatoms. The molecule has 110 valence electrons. The summed E-state index contributed by atoms with van der Waals surface area (Å²) >= 11 is 0. The zero-order chi connectivity index (χ0) is 14.8. The maximum atomic E-state index is 12.2. The van der Waals surface area contributed by atoms with Gasteiger partial charge in [0.05, 0.1) is 0 Å². The Morgan fingerprint density at radius 2 is 2.19 bits per heavy atom. The lowest BCUT2D eigenvalue weighted by Gasteiger charge is -2.08. The lowest BCUT2D eigenvalue weighted by molar-refractivity contribution is 0.0946. The Labute approximate surface area is 123 Å². The summed E-state index contributed by atoms with van der Waals surface area (Å²) in [6.45, 7) is 5.10. The predicted octanol–water partition coefficient (Wildman–Crippen LogP) is 1.60. The van der Waals surface area contributed by atoms with Crippen molar-refractivity contribution in [3.05, 3.63) is 41.5 Å². The highest BCUT2D eigenvalue weighted by molar-refractivity contribution is 5.92. The minimum absolute atomic E-state index is 0.139. The first-order valence-electron chi connectivity index (χ1n) is 7.25. The van der Waals surface area contributed by atoms with Gasteiger partial charge in [0.15, 0.2) is 0 Å². The van der Waals surface area contributed by atoms with Gasteiger partial charge in [0.2, 0.25) is 0 Å². The van der Waals surface area contributed by atoms with E-state index in [1.807, 2.05) is 24.6 Å². The standard InChI is InChI=1S/C15H19N5O/c1-10-9-13(19-14(18-10)12-3-4-12)15(21)17-6-8-20-7-5-16-11(20)2/h5,7,9,12H,3-4,6,8H2,1-2H3,(H,17,21). The molecule has 1 aliphatic carbocycles. The number of hydrogen-bond acceptors (Lipinski definition) is 4. The highest BCUT2D eigenvalue weighted by Crippen LogP contribution is 2.37. The first-order valence-corrected chi connectivity index (χ1v) is 7.25. The van der Waals surface area contributed by atoms with Gasteiger partial charge < -0.3 is 9.88 Å². The van der Waals surface area contributed by atoms with Crippen molar-refractivity contribution in [1.29, 1.82) is 0 Å². The summed E-state index contributed by atoms with van der Waals surface area (Å²) in [7, 11) is 0. The molecule has 0 unspecified atom stereocenters. The number of carbonyl (C=O) groups excluding carboxylic acids is 1. The first kappa shape index (κ1) is 13.7. The van der Waals surface area contributed by atoms with E-state index < -0.39 is 0 Å². The molecule has 1 N–H and O–H groups in total. The number of rotatable bonds is 5. The molecular formula is C15H19N5O. The van der Waals surface area contributed by atoms with Crippen molar-refractivity contribution in [3.8, 4) is 0 Å². The van der Waals surface area contributed by atoms with Gasteiger partial charge in [-0.2, -0.15) is 0 Å². The molecule has 2 aromatic heterocycles. The molecule has 2 heterocycles. The fraction of sp³-hybridized carbons (Fsp3) is 0.467. The van der Waals surface area contributed by atoms with E-state index in [1.165, 1.54) is 0 Å². The van der Waals surface area contributed by atoms with Crippen LogP contribution in [-0.4, -0.2) is 32.0 Å². The topological polar surface area (TPSA) is 72.7 Å². The molecule has 0 radical (unpaired) electrons. The first-order chi connectivity index (χ1) is 10.1. The van der Waals surface area contributed by atoms with Crippen LogP contribution in [0.1, 0.15) is 46.6 Å². The van der Waals surface area contributed by atoms with Crippen molar-refractivity contribution in [1.82, 2.24) is 24.8 Å². The van der Waals surface area contributed by atoms with Gasteiger partial charge in [0.1, 0.15) is 17.3 Å². The molecule has 0 atom stereocenters. The minimum Gasteiger partial charge on any atom is -0.349 e. The number of imidazole rings is 1. The van der Waals surface area contributed by atoms with Crippen LogP contribution < -0.4 is 5.32 Å². The lowest BCUT2D eigenvalue weighted by atomic mass is 10.3. The predicted molar refractivity (Wildman–Crippen MR) is 78.0 cm³/mol. The van der Waals surface area contributed by atoms with E-state index in [-0.39, 0.29) is 5.91 Å². The Morgan fingerprint density at radius 1 is 1.38 bits per heavy atom. The molecular weight excluding hydrogens is 266 g/mol. The van der Waals surface area contributed by atoms with E-state index in [4.69, 9.17) is 0 Å². The molecule has 21 heavy (non-hydrogen) atoms. The molecule has 1 fully saturated rings. The van der Waals surface area contributed by atoms with Gasteiger partial charge in [-0.05, 0) is 32.8 Å². The number of hydrogen-bond donors (Lipinski definition) is 1. The molecule has 0 aromatic carbocycles. The van der Waals surface area contributed by atoms with Crippen molar-refractivity contribution in [3.63, 3.8) is 0 Å². The summed E-state index contributed by atoms with van der Waals surface area (Å²) in [5.74, 6) is 2.06. The zero-order valence-electron chi connectivity index (χ0n) is 12.3. The SMILES string of the molecule is Cc1cc(C(=O)NCCn2ccnc2C)nc(C2CC2)n1. The van der Waals surface area contributed by atoms with Crippen LogP contribution in [0.15, 0.2) is 18.5 Å². The third kappa shape index (κ3) is 3.26. The molecule has 6 nitrogen and oxygen atoms in total. The second-order valence-corrected chi connectivity index (χ2v) is 5.45. The smallest absolute Gasteiger partial charge is 0.270 e. The van der Waals surface area contributed by atoms with Crippen LogP contribution in [-0.2, 0) is 6.54 Å². The Hall–Kier alpha value is -2.24. The van der Waals surface area contributed by atoms with E-state index >= 15 is 0 Å². The van der Waals surface area contributed by atoms with Crippen molar-refractivity contribution in [2.45, 2.75) is 39.2 Å². The van der Waals surface area contributed by atoms with Gasteiger partial charge in [-0.3, -0.25) is 4.79 Å². The number of nitrogens with one attached hydrogen (secondary N) is 1. The third-order valence-electron chi connectivity index (χ3n) is 3.61. The van der Waals surface area contributed by atoms with E-state index in [2.05, 4.69) is 20.3 Å². The molecule has 0 spiro atoms. The fourth-order valence-electron chi connectivity index (χ4n) is 2.25. The Bertz CT molecular complexity index is 660. The van der Waals surface area contributed by atoms with Crippen molar-refractivity contribution >= 4 is 5.91 Å². The molecule has 3 rings (SSSR count). The van der Waals surface area contributed by atoms with E-state index in [0.29, 0.717) is 24.7 Å². The molecule has 0 bridgehead atoms. The summed E-state index contributed by atoms with van der Waals surface area (Å²) in [6, 6.07) is 1.74. The monoisotopic (exact) mass is 285 g/mol. The molecule has 0 saturated heterocycles. The quantitative estimate of drug-likeness (QED) is 0.905. The van der Waals surface area contributed by atoms with Gasteiger partial charge in [0, 0.05) is 37.1 Å². The highest BCUT2D eigenvalue weighted by atomic mass is 16.1. The zero-order valence-corrected chi connectivity index (χ0v) is 12.3. The maximum Gasteiger partial charge on any atom is 0.270 e. The molecule has 0 aliphatic heterocycles. The van der Waals surface area contributed by atoms with Crippen LogP contribution in [0.3, 0.4) is 0 Å². The van der Waals surface area contributed by atoms with Gasteiger partial charge in [-0.25, -0.2) is 15.0 Å². The average molecular weight is 285 g/mol. The number of amides is 1. The van der Waals surface area contributed by atoms with Crippen LogP contribution in [0, 0.1) is 13.8 Å². The van der Waals surface area contributed by atoms with Crippen LogP contribution in [0.4, 0.5) is 0 Å². The number of aryl methyl sites for hydroxylation is 2. The molecule has 1 amide bonds. The fourth-order valence-corrected chi connectivity index (χ4v) is 2.25. The van der Waals surface area contributed by atoms with Crippen LogP contribution >= 0.6 is 0 Å². The van der Waals surface area contributed by atoms with Crippen molar-refractivity contribution in [2.75, 3.05) is 6.54 Å². The number of aromatic nitrogens is 4. The highest BCUT2D eigenvalue weighted by Gasteiger charge is 2.27. The second-order valence-electron chi connectivity index (χ2n) is 5.45. The van der Waals surface area contributed by atoms with Gasteiger partial charge in [0.25, 0.3) is 5.91 Å². The van der Waals surface area contributed by atoms with Crippen LogP contribution in [0.2, 0.25) is 0 Å². The van der Waals surface area contributed by atoms with Crippen molar-refractivity contribution in [2.24, 2.45) is 0 Å². The average Bonchev–Trinajstić information content (AvgIpc) is 3.23. The molecule has 1 saturated carbocycles. The summed E-state index contributed by atoms with van der Waals surface area (Å²) in [5.41, 5.74) is 1.31. The summed E-state index contributed by atoms with van der Waals surface area (Å²) in [5, 5.41) is 2.90. The van der Waals surface area contributed by atoms with Crippen molar-refractivity contribution < 1.29 is 4.79 Å². The van der Waals surface area contributed by atoms with Gasteiger partial charge >= 0.3 is 0 Å². The van der Waals surface area contributed by atoms with Gasteiger partial charge in [-0.1, -0.05) is 0 Å². The maximum absolute atomic E-state index is 12.2. The third-order valence-corrected chi connectivity index (χ3v) is 3.61. The Kier molecular flexibility index (Phi) is 3.68. The Balaban J connectivity index is 1.61. The lowest BCUT2D eigenvalue weighted by Crippen LogP contribution is -2.28. The number of nitrogens with zero attached hydrogens (tertiary/aromatic N) is 4. The summed E-state index contributed by atoms with van der Waals surface area (Å²) in [6.07, 6.45) is 5.92. The normalized spacial score (nSPS) is 14.2. The minimum atomic E-state index is -0.139. The molecule has 1 aliphatic rings. The summed E-state index contributed by atoms with van der Waals surface area (Å²) < 4.78 is 2.00. The Morgan fingerprint density at radius 3 is 2.86 bits per heavy atom. The number of carbonyl (C=O) groups is 1.